The molecule has 1 aromatic carbocycles. The van der Waals surface area contributed by atoms with Crippen molar-refractivity contribution in [3.63, 3.8) is 0 Å². The second-order valence-corrected chi connectivity index (χ2v) is 5.84. The first-order valence-corrected chi connectivity index (χ1v) is 7.83. The molecule has 2 heterocycles. The molecule has 0 bridgehead atoms. The fourth-order valence-electron chi connectivity index (χ4n) is 2.53. The third-order valence-corrected chi connectivity index (χ3v) is 3.89. The zero-order chi connectivity index (χ0) is 20.5. The van der Waals surface area contributed by atoms with E-state index in [2.05, 4.69) is 10.1 Å². The number of nitro groups is 1. The van der Waals surface area contributed by atoms with Crippen molar-refractivity contribution >= 4 is 23.4 Å². The molecule has 0 spiro atoms. The quantitative estimate of drug-likeness (QED) is 0.611. The molecular weight excluding hydrogens is 387 g/mol. The lowest BCUT2D eigenvalue weighted by atomic mass is 9.98. The molecule has 1 aliphatic heterocycles. The van der Waals surface area contributed by atoms with Crippen LogP contribution in [0.2, 0.25) is 0 Å². The maximum absolute atomic E-state index is 12.4. The van der Waals surface area contributed by atoms with Crippen LogP contribution in [0, 0.1) is 16.0 Å². The summed E-state index contributed by atoms with van der Waals surface area (Å²) in [5.74, 6) is -3.26. The first kappa shape index (κ1) is 19.2. The Kier molecular flexibility index (Phi) is 4.94. The molecule has 0 saturated carbocycles. The lowest BCUT2D eigenvalue weighted by Gasteiger charge is -2.37. The largest absolute Gasteiger partial charge is 0.573 e. The van der Waals surface area contributed by atoms with Crippen molar-refractivity contribution in [2.45, 2.75) is 6.36 Å². The number of furan rings is 1. The van der Waals surface area contributed by atoms with Gasteiger partial charge in [0, 0.05) is 13.1 Å². The summed E-state index contributed by atoms with van der Waals surface area (Å²) in [6.45, 7) is -0.0249. The van der Waals surface area contributed by atoms with Crippen molar-refractivity contribution in [1.82, 2.24) is 4.90 Å². The molecule has 1 aromatic heterocycles. The molecule has 0 unspecified atom stereocenters. The number of benzene rings is 1. The average Bonchev–Trinajstić information content (AvgIpc) is 3.04. The van der Waals surface area contributed by atoms with Crippen LogP contribution in [-0.2, 0) is 4.79 Å². The molecular formula is C16H12F3N3O6. The summed E-state index contributed by atoms with van der Waals surface area (Å²) in [5.41, 5.74) is -0.156. The summed E-state index contributed by atoms with van der Waals surface area (Å²) >= 11 is 0. The van der Waals surface area contributed by atoms with E-state index in [-0.39, 0.29) is 24.5 Å². The molecule has 0 radical (unpaired) electrons. The van der Waals surface area contributed by atoms with Crippen molar-refractivity contribution in [1.29, 1.82) is 0 Å². The third kappa shape index (κ3) is 4.22. The number of carbonyl (C=O) groups excluding carboxylic acids is 2. The molecule has 0 aliphatic carbocycles. The zero-order valence-electron chi connectivity index (χ0n) is 13.9. The van der Waals surface area contributed by atoms with Gasteiger partial charge in [0.15, 0.2) is 11.5 Å². The molecule has 9 nitrogen and oxygen atoms in total. The highest BCUT2D eigenvalue weighted by molar-refractivity contribution is 5.98. The molecule has 28 heavy (non-hydrogen) atoms. The van der Waals surface area contributed by atoms with E-state index in [0.717, 1.165) is 18.2 Å². The Labute approximate surface area is 154 Å². The summed E-state index contributed by atoms with van der Waals surface area (Å²) in [6.07, 6.45) is -4.91. The van der Waals surface area contributed by atoms with Gasteiger partial charge in [0.2, 0.25) is 5.91 Å². The highest BCUT2D eigenvalue weighted by Gasteiger charge is 2.38. The molecule has 1 N–H and O–H groups in total. The number of nitrogens with zero attached hydrogens (tertiary/aromatic N) is 2. The number of amides is 2. The fourth-order valence-corrected chi connectivity index (χ4v) is 2.53. The Morgan fingerprint density at radius 1 is 1.21 bits per heavy atom. The summed E-state index contributed by atoms with van der Waals surface area (Å²) in [5, 5.41) is 12.9. The van der Waals surface area contributed by atoms with Crippen molar-refractivity contribution in [3.8, 4) is 5.75 Å². The van der Waals surface area contributed by atoms with E-state index in [0.29, 0.717) is 0 Å². The highest BCUT2D eigenvalue weighted by atomic mass is 19.4. The number of hydrogen-bond acceptors (Lipinski definition) is 6. The maximum Gasteiger partial charge on any atom is 0.573 e. The second-order valence-electron chi connectivity index (χ2n) is 5.84. The predicted octanol–water partition coefficient (Wildman–Crippen LogP) is 2.80. The molecule has 148 valence electrons. The number of ether oxygens (including phenoxy) is 1. The molecule has 2 aromatic rings. The monoisotopic (exact) mass is 399 g/mol. The SMILES string of the molecule is O=C(Nc1ccccc1OC(F)(F)F)C1CN(C(=O)c2ccc([N+](=O)[O-])o2)C1. The second kappa shape index (κ2) is 7.21. The number of rotatable bonds is 5. The van der Waals surface area contributed by atoms with E-state index < -0.39 is 40.7 Å². The number of halogens is 3. The zero-order valence-corrected chi connectivity index (χ0v) is 13.9. The van der Waals surface area contributed by atoms with Crippen molar-refractivity contribution in [2.75, 3.05) is 18.4 Å². The van der Waals surface area contributed by atoms with Crippen LogP contribution in [0.1, 0.15) is 10.6 Å². The van der Waals surface area contributed by atoms with Crippen molar-refractivity contribution < 1.29 is 36.8 Å². The van der Waals surface area contributed by atoms with Crippen LogP contribution in [-0.4, -0.2) is 41.1 Å². The number of hydrogen-bond donors (Lipinski definition) is 1. The number of alkyl halides is 3. The molecule has 0 atom stereocenters. The van der Waals surface area contributed by atoms with Crippen molar-refractivity contribution in [3.05, 3.63) is 52.3 Å². The van der Waals surface area contributed by atoms with Gasteiger partial charge >= 0.3 is 12.2 Å². The van der Waals surface area contributed by atoms with Gasteiger partial charge in [0.25, 0.3) is 5.91 Å². The van der Waals surface area contributed by atoms with E-state index in [1.807, 2.05) is 0 Å². The standard InChI is InChI=1S/C16H12F3N3O6/c17-16(18,19)28-11-4-2-1-3-10(11)20-14(23)9-7-21(8-9)15(24)12-5-6-13(27-12)22(25)26/h1-6,9H,7-8H2,(H,20,23). The summed E-state index contributed by atoms with van der Waals surface area (Å²) in [4.78, 5) is 35.4. The van der Waals surface area contributed by atoms with Gasteiger partial charge in [-0.3, -0.25) is 19.7 Å². The van der Waals surface area contributed by atoms with Crippen LogP contribution in [0.15, 0.2) is 40.8 Å². The van der Waals surface area contributed by atoms with Crippen LogP contribution in [0.4, 0.5) is 24.7 Å². The van der Waals surface area contributed by atoms with Gasteiger partial charge in [0.05, 0.1) is 17.7 Å². The minimum absolute atomic E-state index is 0.0124. The Balaban J connectivity index is 1.58. The number of anilines is 1. The number of likely N-dealkylation sites (tertiary alicyclic amines) is 1. The van der Waals surface area contributed by atoms with Gasteiger partial charge in [-0.05, 0) is 18.2 Å². The molecule has 1 saturated heterocycles. The minimum Gasteiger partial charge on any atom is -0.404 e. The molecule has 12 heteroatoms. The lowest BCUT2D eigenvalue weighted by Crippen LogP contribution is -2.54. The van der Waals surface area contributed by atoms with Gasteiger partial charge in [-0.15, -0.1) is 13.2 Å². The first-order valence-electron chi connectivity index (χ1n) is 7.83. The van der Waals surface area contributed by atoms with Gasteiger partial charge in [-0.2, -0.15) is 0 Å². The first-order chi connectivity index (χ1) is 13.1. The molecule has 1 aliphatic rings. The maximum atomic E-state index is 12.4. The van der Waals surface area contributed by atoms with Crippen LogP contribution in [0.25, 0.3) is 0 Å². The molecule has 1 fully saturated rings. The van der Waals surface area contributed by atoms with Gasteiger partial charge in [-0.25, -0.2) is 0 Å². The van der Waals surface area contributed by atoms with Gasteiger partial charge in [0.1, 0.15) is 4.92 Å². The normalized spacial score (nSPS) is 14.3. The Morgan fingerprint density at radius 3 is 2.50 bits per heavy atom. The summed E-state index contributed by atoms with van der Waals surface area (Å²) in [6, 6.07) is 7.25. The number of nitrogens with one attached hydrogen (secondary N) is 1. The van der Waals surface area contributed by atoms with Crippen LogP contribution < -0.4 is 10.1 Å². The topological polar surface area (TPSA) is 115 Å². The van der Waals surface area contributed by atoms with Crippen LogP contribution >= 0.6 is 0 Å². The Bertz CT molecular complexity index is 920. The van der Waals surface area contributed by atoms with Crippen molar-refractivity contribution in [2.24, 2.45) is 5.92 Å². The van der Waals surface area contributed by atoms with Gasteiger partial charge < -0.3 is 19.4 Å². The smallest absolute Gasteiger partial charge is 0.404 e. The summed E-state index contributed by atoms with van der Waals surface area (Å²) < 4.78 is 45.9. The van der Waals surface area contributed by atoms with E-state index in [9.17, 15) is 32.9 Å². The van der Waals surface area contributed by atoms with E-state index >= 15 is 0 Å². The predicted molar refractivity (Wildman–Crippen MR) is 86.5 cm³/mol. The highest BCUT2D eigenvalue weighted by Crippen LogP contribution is 2.31. The lowest BCUT2D eigenvalue weighted by molar-refractivity contribution is -0.402. The third-order valence-electron chi connectivity index (χ3n) is 3.89. The Morgan fingerprint density at radius 2 is 1.89 bits per heavy atom. The van der Waals surface area contributed by atoms with Crippen LogP contribution in [0.5, 0.6) is 5.75 Å². The minimum atomic E-state index is -4.91. The molecule has 3 rings (SSSR count). The van der Waals surface area contributed by atoms with Crippen LogP contribution in [0.3, 0.4) is 0 Å². The average molecular weight is 399 g/mol. The number of para-hydroxylation sites is 2. The molecule has 2 amide bonds. The van der Waals surface area contributed by atoms with E-state index in [1.165, 1.54) is 23.1 Å². The summed E-state index contributed by atoms with van der Waals surface area (Å²) in [7, 11) is 0. The van der Waals surface area contributed by atoms with E-state index in [4.69, 9.17) is 4.42 Å². The Hall–Kier alpha value is -3.57. The van der Waals surface area contributed by atoms with Gasteiger partial charge in [-0.1, -0.05) is 12.1 Å². The number of carbonyl (C=O) groups is 2. The van der Waals surface area contributed by atoms with E-state index in [1.54, 1.807) is 0 Å². The fraction of sp³-hybridized carbons (Fsp3) is 0.250.